The van der Waals surface area contributed by atoms with E-state index in [0.717, 1.165) is 16.6 Å². The van der Waals surface area contributed by atoms with E-state index in [0.29, 0.717) is 45.2 Å². The van der Waals surface area contributed by atoms with Crippen molar-refractivity contribution in [1.29, 1.82) is 0 Å². The first-order valence-electron chi connectivity index (χ1n) is 10.00. The summed E-state index contributed by atoms with van der Waals surface area (Å²) in [6.45, 7) is 0. The third kappa shape index (κ3) is 3.24. The van der Waals surface area contributed by atoms with Gasteiger partial charge in [0.1, 0.15) is 28.9 Å². The summed E-state index contributed by atoms with van der Waals surface area (Å²) in [6, 6.07) is 10.1. The number of hydrogen-bond acceptors (Lipinski definition) is 7. The fourth-order valence-electron chi connectivity index (χ4n) is 3.75. The number of rotatable bonds is 4. The van der Waals surface area contributed by atoms with Gasteiger partial charge in [-0.25, -0.2) is 29.3 Å². The van der Waals surface area contributed by atoms with E-state index in [-0.39, 0.29) is 0 Å². The molecule has 5 aromatic heterocycles. The molecule has 0 aliphatic rings. The van der Waals surface area contributed by atoms with E-state index in [2.05, 4.69) is 30.1 Å². The molecule has 0 spiro atoms. The molecule has 33 heavy (non-hydrogen) atoms. The van der Waals surface area contributed by atoms with Gasteiger partial charge in [-0.15, -0.1) is 0 Å². The van der Waals surface area contributed by atoms with Crippen LogP contribution in [0.1, 0.15) is 0 Å². The number of aromatic nitrogens is 8. The van der Waals surface area contributed by atoms with Gasteiger partial charge in [-0.05, 0) is 35.9 Å². The molecule has 10 heteroatoms. The van der Waals surface area contributed by atoms with Crippen LogP contribution in [0.5, 0.6) is 5.75 Å². The Kier molecular flexibility index (Phi) is 4.29. The first kappa shape index (κ1) is 19.0. The van der Waals surface area contributed by atoms with Gasteiger partial charge in [0, 0.05) is 35.8 Å². The number of halogens is 1. The topological polar surface area (TPSA) is 118 Å². The van der Waals surface area contributed by atoms with Crippen molar-refractivity contribution in [2.24, 2.45) is 0 Å². The molecule has 1 aromatic carbocycles. The van der Waals surface area contributed by atoms with Gasteiger partial charge in [0.05, 0.1) is 18.3 Å². The van der Waals surface area contributed by atoms with Crippen LogP contribution in [-0.4, -0.2) is 47.2 Å². The van der Waals surface area contributed by atoms with Crippen LogP contribution in [0, 0.1) is 5.82 Å². The molecule has 2 N–H and O–H groups in total. The minimum Gasteiger partial charge on any atom is -0.497 e. The molecule has 0 atom stereocenters. The number of hydrogen-bond donors (Lipinski definition) is 2. The van der Waals surface area contributed by atoms with Crippen LogP contribution in [0.2, 0.25) is 0 Å². The fourth-order valence-corrected chi connectivity index (χ4v) is 3.75. The van der Waals surface area contributed by atoms with Gasteiger partial charge in [-0.3, -0.25) is 5.10 Å². The highest BCUT2D eigenvalue weighted by atomic mass is 19.1. The number of ether oxygens (including phenoxy) is 1. The minimum absolute atomic E-state index is 0.398. The van der Waals surface area contributed by atoms with Gasteiger partial charge < -0.3 is 9.72 Å². The Morgan fingerprint density at radius 1 is 0.939 bits per heavy atom. The van der Waals surface area contributed by atoms with Crippen LogP contribution >= 0.6 is 0 Å². The summed E-state index contributed by atoms with van der Waals surface area (Å²) >= 11 is 0. The monoisotopic (exact) mass is 438 g/mol. The lowest BCUT2D eigenvalue weighted by molar-refractivity contribution is 0.411. The van der Waals surface area contributed by atoms with Crippen molar-refractivity contribution in [3.05, 3.63) is 67.1 Å². The Hall–Kier alpha value is -4.73. The Morgan fingerprint density at radius 2 is 1.82 bits per heavy atom. The second-order valence-corrected chi connectivity index (χ2v) is 7.31. The van der Waals surface area contributed by atoms with Gasteiger partial charge in [0.25, 0.3) is 0 Å². The average molecular weight is 438 g/mol. The zero-order valence-electron chi connectivity index (χ0n) is 17.2. The molecule has 0 radical (unpaired) electrons. The van der Waals surface area contributed by atoms with Crippen LogP contribution in [0.4, 0.5) is 4.39 Å². The third-order valence-electron chi connectivity index (χ3n) is 5.29. The largest absolute Gasteiger partial charge is 0.497 e. The van der Waals surface area contributed by atoms with Crippen LogP contribution in [0.25, 0.3) is 56.1 Å². The average Bonchev–Trinajstić information content (AvgIpc) is 3.47. The lowest BCUT2D eigenvalue weighted by atomic mass is 10.1. The minimum atomic E-state index is -0.398. The summed E-state index contributed by atoms with van der Waals surface area (Å²) in [6.07, 6.45) is 6.51. The molecule has 0 aliphatic carbocycles. The number of nitrogens with zero attached hydrogens (tertiary/aromatic N) is 6. The third-order valence-corrected chi connectivity index (χ3v) is 5.29. The lowest BCUT2D eigenvalue weighted by Crippen LogP contribution is -1.89. The number of aromatic amines is 2. The predicted molar refractivity (Wildman–Crippen MR) is 120 cm³/mol. The van der Waals surface area contributed by atoms with Gasteiger partial charge >= 0.3 is 0 Å². The standard InChI is InChI=1S/C23H15FN8O/c1-33-15-7-12(6-14(24)8-15)16-4-5-27-22-19(16)29-23(30-22)21-20-18(31-32-21)3-2-17(28-20)13-9-25-11-26-10-13/h2-11H,1H3,(H,31,32)(H,27,29,30). The fraction of sp³-hybridized carbons (Fsp3) is 0.0435. The summed E-state index contributed by atoms with van der Waals surface area (Å²) < 4.78 is 19.3. The number of fused-ring (bicyclic) bond motifs is 2. The van der Waals surface area contributed by atoms with Crippen molar-refractivity contribution in [2.45, 2.75) is 0 Å². The van der Waals surface area contributed by atoms with Crippen LogP contribution in [0.3, 0.4) is 0 Å². The zero-order chi connectivity index (χ0) is 22.4. The summed E-state index contributed by atoms with van der Waals surface area (Å²) in [7, 11) is 1.50. The van der Waals surface area contributed by atoms with E-state index in [1.54, 1.807) is 30.7 Å². The number of imidazole rings is 1. The molecule has 0 amide bonds. The van der Waals surface area contributed by atoms with Crippen LogP contribution in [-0.2, 0) is 0 Å². The number of methoxy groups -OCH3 is 1. The normalized spacial score (nSPS) is 11.3. The van der Waals surface area contributed by atoms with Crippen molar-refractivity contribution < 1.29 is 9.13 Å². The predicted octanol–water partition coefficient (Wildman–Crippen LogP) is 4.17. The molecule has 0 unspecified atom stereocenters. The summed E-state index contributed by atoms with van der Waals surface area (Å²) in [5.41, 5.74) is 5.94. The molecule has 0 aliphatic heterocycles. The summed E-state index contributed by atoms with van der Waals surface area (Å²) in [5, 5.41) is 7.41. The van der Waals surface area contributed by atoms with Crippen LogP contribution in [0.15, 0.2) is 61.3 Å². The SMILES string of the molecule is COc1cc(F)cc(-c2ccnc3[nH]c(-c4n[nH]c5ccc(-c6cncnc6)nc45)nc23)c1. The molecule has 0 bridgehead atoms. The van der Waals surface area contributed by atoms with E-state index >= 15 is 0 Å². The smallest absolute Gasteiger partial charge is 0.162 e. The van der Waals surface area contributed by atoms with E-state index in [1.165, 1.54) is 25.6 Å². The molecular weight excluding hydrogens is 423 g/mol. The molecule has 0 saturated carbocycles. The van der Waals surface area contributed by atoms with E-state index < -0.39 is 5.82 Å². The molecular formula is C23H15FN8O. The highest BCUT2D eigenvalue weighted by molar-refractivity contribution is 5.95. The van der Waals surface area contributed by atoms with E-state index in [1.807, 2.05) is 12.1 Å². The molecule has 0 fully saturated rings. The van der Waals surface area contributed by atoms with Gasteiger partial charge in [-0.1, -0.05) is 0 Å². The second-order valence-electron chi connectivity index (χ2n) is 7.31. The maximum atomic E-state index is 14.1. The molecule has 9 nitrogen and oxygen atoms in total. The van der Waals surface area contributed by atoms with Gasteiger partial charge in [-0.2, -0.15) is 5.10 Å². The van der Waals surface area contributed by atoms with E-state index in [9.17, 15) is 4.39 Å². The van der Waals surface area contributed by atoms with Crippen molar-refractivity contribution >= 4 is 22.2 Å². The van der Waals surface area contributed by atoms with Crippen molar-refractivity contribution in [1.82, 2.24) is 40.1 Å². The highest BCUT2D eigenvalue weighted by Crippen LogP contribution is 2.32. The number of pyridine rings is 2. The number of H-pyrrole nitrogens is 2. The van der Waals surface area contributed by atoms with Crippen molar-refractivity contribution in [2.75, 3.05) is 7.11 Å². The highest BCUT2D eigenvalue weighted by Gasteiger charge is 2.18. The second kappa shape index (κ2) is 7.45. The maximum absolute atomic E-state index is 14.1. The Labute approximate surface area is 185 Å². The van der Waals surface area contributed by atoms with Gasteiger partial charge in [0.2, 0.25) is 0 Å². The molecule has 160 valence electrons. The van der Waals surface area contributed by atoms with Gasteiger partial charge in [0.15, 0.2) is 17.2 Å². The molecule has 6 aromatic rings. The molecule has 5 heterocycles. The summed E-state index contributed by atoms with van der Waals surface area (Å²) in [4.78, 5) is 25.2. The first-order valence-corrected chi connectivity index (χ1v) is 10.00. The Morgan fingerprint density at radius 3 is 2.67 bits per heavy atom. The summed E-state index contributed by atoms with van der Waals surface area (Å²) in [5.74, 6) is 0.518. The quantitative estimate of drug-likeness (QED) is 0.424. The Bertz CT molecular complexity index is 1630. The molecule has 6 rings (SSSR count). The van der Waals surface area contributed by atoms with Crippen LogP contribution < -0.4 is 4.74 Å². The van der Waals surface area contributed by atoms with Crippen molar-refractivity contribution in [3.8, 4) is 39.7 Å². The lowest BCUT2D eigenvalue weighted by Gasteiger charge is -2.06. The zero-order valence-corrected chi connectivity index (χ0v) is 17.2. The van der Waals surface area contributed by atoms with E-state index in [4.69, 9.17) is 14.7 Å². The number of nitrogens with one attached hydrogen (secondary N) is 2. The first-order chi connectivity index (χ1) is 16.2. The molecule has 0 saturated heterocycles. The van der Waals surface area contributed by atoms with Crippen molar-refractivity contribution in [3.63, 3.8) is 0 Å². The maximum Gasteiger partial charge on any atom is 0.162 e. The number of benzene rings is 1. The Balaban J connectivity index is 1.50.